The maximum atomic E-state index is 12.5. The Morgan fingerprint density at radius 3 is 2.52 bits per heavy atom. The Balaban J connectivity index is 1.38. The molecule has 2 aromatic rings. The third-order valence-electron chi connectivity index (χ3n) is 4.89. The number of nitrogens with zero attached hydrogens (tertiary/aromatic N) is 1. The van der Waals surface area contributed by atoms with Crippen molar-refractivity contribution < 1.29 is 23.9 Å². The van der Waals surface area contributed by atoms with Gasteiger partial charge in [-0.05, 0) is 62.6 Å². The molecule has 0 fully saturated rings. The summed E-state index contributed by atoms with van der Waals surface area (Å²) in [7, 11) is 0. The van der Waals surface area contributed by atoms with Crippen LogP contribution in [-0.4, -0.2) is 36.9 Å². The Bertz CT molecular complexity index is 890. The van der Waals surface area contributed by atoms with Crippen molar-refractivity contribution >= 4 is 23.3 Å². The predicted molar refractivity (Wildman–Crippen MR) is 109 cm³/mol. The maximum Gasteiger partial charge on any atom is 0.306 e. The standard InChI is InChI=1S/C23H25NO5/c1-16-14-19-6-3-4-7-21(19)24(16)22(26)15-29-23(27)8-5-13-28-20-11-9-18(10-12-20)17(2)25/h3-4,6-7,9-12,16H,5,8,13-15H2,1-2H3/t16-/m1/s1. The van der Waals surface area contributed by atoms with Gasteiger partial charge in [0, 0.05) is 23.7 Å². The fourth-order valence-corrected chi connectivity index (χ4v) is 3.42. The van der Waals surface area contributed by atoms with Crippen molar-refractivity contribution in [2.24, 2.45) is 0 Å². The minimum Gasteiger partial charge on any atom is -0.494 e. The van der Waals surface area contributed by atoms with E-state index in [1.165, 1.54) is 6.92 Å². The average Bonchev–Trinajstić information content (AvgIpc) is 3.05. The van der Waals surface area contributed by atoms with Gasteiger partial charge in [-0.15, -0.1) is 0 Å². The van der Waals surface area contributed by atoms with Crippen molar-refractivity contribution in [1.29, 1.82) is 0 Å². The second kappa shape index (κ2) is 9.37. The molecule has 1 atom stereocenters. The number of amides is 1. The molecular formula is C23H25NO5. The molecule has 0 aliphatic carbocycles. The molecule has 3 rings (SSSR count). The maximum absolute atomic E-state index is 12.5. The highest BCUT2D eigenvalue weighted by atomic mass is 16.5. The minimum absolute atomic E-state index is 0.000606. The molecule has 0 spiro atoms. The van der Waals surface area contributed by atoms with Crippen molar-refractivity contribution in [3.8, 4) is 5.75 Å². The van der Waals surface area contributed by atoms with Crippen LogP contribution in [0, 0.1) is 0 Å². The van der Waals surface area contributed by atoms with Crippen molar-refractivity contribution in [2.75, 3.05) is 18.1 Å². The molecule has 2 aromatic carbocycles. The molecule has 0 radical (unpaired) electrons. The first-order valence-electron chi connectivity index (χ1n) is 9.75. The summed E-state index contributed by atoms with van der Waals surface area (Å²) in [4.78, 5) is 37.4. The molecular weight excluding hydrogens is 370 g/mol. The van der Waals surface area contributed by atoms with Gasteiger partial charge in [0.1, 0.15) is 5.75 Å². The average molecular weight is 395 g/mol. The van der Waals surface area contributed by atoms with Crippen LogP contribution >= 0.6 is 0 Å². The highest BCUT2D eigenvalue weighted by Gasteiger charge is 2.30. The Morgan fingerprint density at radius 2 is 1.79 bits per heavy atom. The third kappa shape index (κ3) is 5.22. The van der Waals surface area contributed by atoms with Crippen molar-refractivity contribution in [3.63, 3.8) is 0 Å². The van der Waals surface area contributed by atoms with E-state index in [4.69, 9.17) is 9.47 Å². The van der Waals surface area contributed by atoms with Gasteiger partial charge in [0.25, 0.3) is 5.91 Å². The second-order valence-corrected chi connectivity index (χ2v) is 7.14. The summed E-state index contributed by atoms with van der Waals surface area (Å²) in [5.74, 6) is 0.00695. The van der Waals surface area contributed by atoms with Crippen LogP contribution in [0.25, 0.3) is 0 Å². The number of carbonyl (C=O) groups is 3. The van der Waals surface area contributed by atoms with Crippen molar-refractivity contribution in [2.45, 2.75) is 39.2 Å². The molecule has 0 aromatic heterocycles. The largest absolute Gasteiger partial charge is 0.494 e. The zero-order valence-corrected chi connectivity index (χ0v) is 16.7. The molecule has 0 unspecified atom stereocenters. The zero-order valence-electron chi connectivity index (χ0n) is 16.7. The monoisotopic (exact) mass is 395 g/mol. The van der Waals surface area contributed by atoms with E-state index in [1.807, 2.05) is 31.2 Å². The van der Waals surface area contributed by atoms with Crippen LogP contribution in [0.3, 0.4) is 0 Å². The number of rotatable bonds is 8. The van der Waals surface area contributed by atoms with Gasteiger partial charge in [0.05, 0.1) is 6.61 Å². The number of esters is 1. The number of ketones is 1. The molecule has 1 aliphatic rings. The van der Waals surface area contributed by atoms with E-state index in [1.54, 1.807) is 29.2 Å². The smallest absolute Gasteiger partial charge is 0.306 e. The summed E-state index contributed by atoms with van der Waals surface area (Å²) in [5.41, 5.74) is 2.65. The van der Waals surface area contributed by atoms with Crippen molar-refractivity contribution in [1.82, 2.24) is 0 Å². The molecule has 0 saturated heterocycles. The number of hydrogen-bond donors (Lipinski definition) is 0. The van der Waals surface area contributed by atoms with E-state index >= 15 is 0 Å². The van der Waals surface area contributed by atoms with Crippen LogP contribution in [-0.2, 0) is 20.7 Å². The Morgan fingerprint density at radius 1 is 1.07 bits per heavy atom. The van der Waals surface area contributed by atoms with Crippen LogP contribution in [0.2, 0.25) is 0 Å². The second-order valence-electron chi connectivity index (χ2n) is 7.14. The fraction of sp³-hybridized carbons (Fsp3) is 0.348. The van der Waals surface area contributed by atoms with Gasteiger partial charge in [-0.3, -0.25) is 14.4 Å². The van der Waals surface area contributed by atoms with E-state index in [9.17, 15) is 14.4 Å². The molecule has 0 saturated carbocycles. The van der Waals surface area contributed by atoms with Crippen LogP contribution in [0.1, 0.15) is 42.6 Å². The van der Waals surface area contributed by atoms with Crippen molar-refractivity contribution in [3.05, 3.63) is 59.7 Å². The molecule has 152 valence electrons. The Hall–Kier alpha value is -3.15. The number of fused-ring (bicyclic) bond motifs is 1. The van der Waals surface area contributed by atoms with E-state index in [0.717, 1.165) is 17.7 Å². The van der Waals surface area contributed by atoms with E-state index in [0.29, 0.717) is 24.3 Å². The summed E-state index contributed by atoms with van der Waals surface area (Å²) in [6.45, 7) is 3.58. The van der Waals surface area contributed by atoms with E-state index in [2.05, 4.69) is 0 Å². The topological polar surface area (TPSA) is 72.9 Å². The number of hydrogen-bond acceptors (Lipinski definition) is 5. The number of carbonyl (C=O) groups excluding carboxylic acids is 3. The van der Waals surface area contributed by atoms with Gasteiger partial charge >= 0.3 is 5.97 Å². The molecule has 6 nitrogen and oxygen atoms in total. The van der Waals surface area contributed by atoms with Gasteiger partial charge in [-0.2, -0.15) is 0 Å². The lowest BCUT2D eigenvalue weighted by Crippen LogP contribution is -2.38. The van der Waals surface area contributed by atoms with Gasteiger partial charge in [-0.1, -0.05) is 18.2 Å². The minimum atomic E-state index is -0.422. The number of para-hydroxylation sites is 1. The summed E-state index contributed by atoms with van der Waals surface area (Å²) in [6, 6.07) is 14.7. The molecule has 1 amide bonds. The van der Waals surface area contributed by atoms with E-state index < -0.39 is 5.97 Å². The SMILES string of the molecule is CC(=O)c1ccc(OCCCC(=O)OCC(=O)N2c3ccccc3C[C@H]2C)cc1. The summed E-state index contributed by atoms with van der Waals surface area (Å²) >= 11 is 0. The van der Waals surface area contributed by atoms with Gasteiger partial charge < -0.3 is 14.4 Å². The lowest BCUT2D eigenvalue weighted by atomic mass is 10.1. The molecule has 6 heteroatoms. The van der Waals surface area contributed by atoms with Crippen LogP contribution < -0.4 is 9.64 Å². The lowest BCUT2D eigenvalue weighted by Gasteiger charge is -2.22. The zero-order chi connectivity index (χ0) is 20.8. The Kier molecular flexibility index (Phi) is 6.65. The van der Waals surface area contributed by atoms with Gasteiger partial charge in [0.15, 0.2) is 12.4 Å². The van der Waals surface area contributed by atoms with Gasteiger partial charge in [0.2, 0.25) is 0 Å². The summed E-state index contributed by atoms with van der Waals surface area (Å²) < 4.78 is 10.7. The van der Waals surface area contributed by atoms with Crippen LogP contribution in [0.15, 0.2) is 48.5 Å². The molecule has 1 heterocycles. The first-order chi connectivity index (χ1) is 14.0. The molecule has 29 heavy (non-hydrogen) atoms. The molecule has 0 N–H and O–H groups in total. The highest BCUT2D eigenvalue weighted by Crippen LogP contribution is 2.31. The normalized spacial score (nSPS) is 15.0. The number of benzene rings is 2. The quantitative estimate of drug-likeness (QED) is 0.388. The number of ether oxygens (including phenoxy) is 2. The van der Waals surface area contributed by atoms with Gasteiger partial charge in [-0.25, -0.2) is 0 Å². The molecule has 1 aliphatic heterocycles. The lowest BCUT2D eigenvalue weighted by molar-refractivity contribution is -0.148. The first-order valence-corrected chi connectivity index (χ1v) is 9.75. The summed E-state index contributed by atoms with van der Waals surface area (Å²) in [5, 5.41) is 0. The third-order valence-corrected chi connectivity index (χ3v) is 4.89. The summed E-state index contributed by atoms with van der Waals surface area (Å²) in [6.07, 6.45) is 1.45. The van der Waals surface area contributed by atoms with E-state index in [-0.39, 0.29) is 30.8 Å². The Labute approximate surface area is 170 Å². The molecule has 0 bridgehead atoms. The first kappa shape index (κ1) is 20.6. The van der Waals surface area contributed by atoms with Crippen LogP contribution in [0.4, 0.5) is 5.69 Å². The number of anilines is 1. The highest BCUT2D eigenvalue weighted by molar-refractivity contribution is 5.97. The van der Waals surface area contributed by atoms with Crippen LogP contribution in [0.5, 0.6) is 5.75 Å². The predicted octanol–water partition coefficient (Wildman–Crippen LogP) is 3.57. The fourth-order valence-electron chi connectivity index (χ4n) is 3.42. The number of Topliss-reactive ketones (excluding diaryl/α,β-unsaturated/α-hetero) is 1.